The lowest BCUT2D eigenvalue weighted by molar-refractivity contribution is -0.128. The third-order valence-electron chi connectivity index (χ3n) is 2.32. The minimum absolute atomic E-state index is 0.286. The van der Waals surface area contributed by atoms with Crippen molar-refractivity contribution in [2.24, 2.45) is 0 Å². The summed E-state index contributed by atoms with van der Waals surface area (Å²) in [5.74, 6) is -0.207. The van der Waals surface area contributed by atoms with Crippen LogP contribution < -0.4 is 4.74 Å². The van der Waals surface area contributed by atoms with Gasteiger partial charge in [0.1, 0.15) is 5.75 Å². The van der Waals surface area contributed by atoms with E-state index in [4.69, 9.17) is 27.9 Å². The Balaban J connectivity index is 2.04. The Bertz CT molecular complexity index is 607. The summed E-state index contributed by atoms with van der Waals surface area (Å²) in [5, 5.41) is 0.790. The van der Waals surface area contributed by atoms with Gasteiger partial charge in [0.05, 0.1) is 5.02 Å². The van der Waals surface area contributed by atoms with Crippen LogP contribution in [-0.4, -0.2) is 5.97 Å². The van der Waals surface area contributed by atoms with Gasteiger partial charge in [-0.1, -0.05) is 53.5 Å². The van der Waals surface area contributed by atoms with Crippen molar-refractivity contribution < 1.29 is 9.53 Å². The standard InChI is InChI=1S/C15H10Cl2O2/c16-12-7-8-14(13(17)10-12)19-15(18)9-6-11-4-2-1-3-5-11/h1-10H/b9-6-. The smallest absolute Gasteiger partial charge is 0.336 e. The quantitative estimate of drug-likeness (QED) is 0.469. The molecule has 0 saturated carbocycles. The molecular weight excluding hydrogens is 283 g/mol. The number of ether oxygens (including phenoxy) is 1. The fourth-order valence-electron chi connectivity index (χ4n) is 1.43. The molecule has 0 N–H and O–H groups in total. The number of benzene rings is 2. The van der Waals surface area contributed by atoms with Crippen LogP contribution >= 0.6 is 23.2 Å². The van der Waals surface area contributed by atoms with Crippen molar-refractivity contribution in [3.63, 3.8) is 0 Å². The van der Waals surface area contributed by atoms with E-state index in [0.29, 0.717) is 10.0 Å². The van der Waals surface area contributed by atoms with E-state index in [2.05, 4.69) is 0 Å². The summed E-state index contributed by atoms with van der Waals surface area (Å²) >= 11 is 11.7. The van der Waals surface area contributed by atoms with E-state index in [0.717, 1.165) is 5.56 Å². The number of rotatable bonds is 3. The first kappa shape index (κ1) is 13.7. The van der Waals surface area contributed by atoms with Gasteiger partial charge >= 0.3 is 5.97 Å². The molecule has 0 unspecified atom stereocenters. The van der Waals surface area contributed by atoms with Gasteiger partial charge in [0, 0.05) is 11.1 Å². The molecule has 0 fully saturated rings. The zero-order chi connectivity index (χ0) is 13.7. The molecule has 2 aromatic carbocycles. The van der Waals surface area contributed by atoms with Crippen molar-refractivity contribution in [1.29, 1.82) is 0 Å². The third kappa shape index (κ3) is 4.12. The normalized spacial score (nSPS) is 10.6. The third-order valence-corrected chi connectivity index (χ3v) is 2.85. The Morgan fingerprint density at radius 3 is 2.47 bits per heavy atom. The number of halogens is 2. The molecule has 0 saturated heterocycles. The van der Waals surface area contributed by atoms with Gasteiger partial charge in [0.15, 0.2) is 0 Å². The highest BCUT2D eigenvalue weighted by Gasteiger charge is 2.05. The zero-order valence-corrected chi connectivity index (χ0v) is 11.4. The van der Waals surface area contributed by atoms with Crippen LogP contribution in [0.4, 0.5) is 0 Å². The molecule has 0 aromatic heterocycles. The molecule has 2 nitrogen and oxygen atoms in total. The first-order valence-electron chi connectivity index (χ1n) is 5.55. The van der Waals surface area contributed by atoms with Crippen molar-refractivity contribution in [3.05, 3.63) is 70.2 Å². The highest BCUT2D eigenvalue weighted by atomic mass is 35.5. The molecule has 0 spiro atoms. The van der Waals surface area contributed by atoms with E-state index < -0.39 is 5.97 Å². The van der Waals surface area contributed by atoms with Crippen LogP contribution in [0.25, 0.3) is 6.08 Å². The van der Waals surface area contributed by atoms with Crippen LogP contribution in [0.2, 0.25) is 10.0 Å². The van der Waals surface area contributed by atoms with E-state index in [1.54, 1.807) is 18.2 Å². The molecule has 4 heteroatoms. The molecule has 0 aliphatic carbocycles. The fraction of sp³-hybridized carbons (Fsp3) is 0. The first-order chi connectivity index (χ1) is 9.15. The first-order valence-corrected chi connectivity index (χ1v) is 6.31. The van der Waals surface area contributed by atoms with Gasteiger partial charge in [0.2, 0.25) is 0 Å². The summed E-state index contributed by atoms with van der Waals surface area (Å²) in [4.78, 5) is 11.6. The van der Waals surface area contributed by atoms with E-state index in [9.17, 15) is 4.79 Å². The largest absolute Gasteiger partial charge is 0.422 e. The van der Waals surface area contributed by atoms with Crippen LogP contribution in [0.3, 0.4) is 0 Å². The minimum atomic E-state index is -0.493. The Morgan fingerprint density at radius 1 is 1.05 bits per heavy atom. The number of hydrogen-bond donors (Lipinski definition) is 0. The molecule has 2 aromatic rings. The maximum Gasteiger partial charge on any atom is 0.336 e. The van der Waals surface area contributed by atoms with Gasteiger partial charge in [-0.3, -0.25) is 0 Å². The average Bonchev–Trinajstić information content (AvgIpc) is 2.41. The topological polar surface area (TPSA) is 26.3 Å². The highest BCUT2D eigenvalue weighted by Crippen LogP contribution is 2.27. The Morgan fingerprint density at radius 2 is 1.79 bits per heavy atom. The lowest BCUT2D eigenvalue weighted by Crippen LogP contribution is -2.03. The summed E-state index contributed by atoms with van der Waals surface area (Å²) in [6.07, 6.45) is 3.02. The zero-order valence-electron chi connectivity index (χ0n) is 9.85. The second kappa shape index (κ2) is 6.41. The van der Waals surface area contributed by atoms with Crippen LogP contribution in [0.5, 0.6) is 5.75 Å². The summed E-state index contributed by atoms with van der Waals surface area (Å²) in [5.41, 5.74) is 0.918. The fourth-order valence-corrected chi connectivity index (χ4v) is 1.88. The number of carbonyl (C=O) groups is 1. The molecular formula is C15H10Cl2O2. The molecule has 0 radical (unpaired) electrons. The molecule has 0 amide bonds. The Kier molecular flexibility index (Phi) is 4.61. The second-order valence-electron chi connectivity index (χ2n) is 3.74. The van der Waals surface area contributed by atoms with E-state index in [-0.39, 0.29) is 5.75 Å². The van der Waals surface area contributed by atoms with Gasteiger partial charge in [-0.2, -0.15) is 0 Å². The molecule has 0 atom stereocenters. The van der Waals surface area contributed by atoms with Crippen LogP contribution in [0.15, 0.2) is 54.6 Å². The van der Waals surface area contributed by atoms with Gasteiger partial charge in [-0.15, -0.1) is 0 Å². The number of esters is 1. The Labute approximate surface area is 121 Å². The van der Waals surface area contributed by atoms with Gasteiger partial charge < -0.3 is 4.74 Å². The monoisotopic (exact) mass is 292 g/mol. The van der Waals surface area contributed by atoms with Crippen molar-refractivity contribution in [2.75, 3.05) is 0 Å². The SMILES string of the molecule is O=C(/C=C\c1ccccc1)Oc1ccc(Cl)cc1Cl. The molecule has 0 aliphatic rings. The van der Waals surface area contributed by atoms with Crippen LogP contribution in [0, 0.1) is 0 Å². The molecule has 2 rings (SSSR count). The highest BCUT2D eigenvalue weighted by molar-refractivity contribution is 6.35. The predicted molar refractivity (Wildman–Crippen MR) is 77.6 cm³/mol. The lowest BCUT2D eigenvalue weighted by atomic mass is 10.2. The van der Waals surface area contributed by atoms with Crippen LogP contribution in [-0.2, 0) is 4.79 Å². The second-order valence-corrected chi connectivity index (χ2v) is 4.58. The summed E-state index contributed by atoms with van der Waals surface area (Å²) < 4.78 is 5.11. The van der Waals surface area contributed by atoms with E-state index in [1.165, 1.54) is 12.1 Å². The van der Waals surface area contributed by atoms with Crippen molar-refractivity contribution in [2.45, 2.75) is 0 Å². The maximum absolute atomic E-state index is 11.6. The van der Waals surface area contributed by atoms with Crippen molar-refractivity contribution in [3.8, 4) is 5.75 Å². The average molecular weight is 293 g/mol. The van der Waals surface area contributed by atoms with Crippen molar-refractivity contribution in [1.82, 2.24) is 0 Å². The Hall–Kier alpha value is -1.77. The molecule has 0 bridgehead atoms. The summed E-state index contributed by atoms with van der Waals surface area (Å²) in [6, 6.07) is 14.1. The number of carbonyl (C=O) groups excluding carboxylic acids is 1. The van der Waals surface area contributed by atoms with Gasteiger partial charge in [-0.25, -0.2) is 4.79 Å². The molecule has 0 aliphatic heterocycles. The lowest BCUT2D eigenvalue weighted by Gasteiger charge is -2.03. The predicted octanol–water partition coefficient (Wildman–Crippen LogP) is 4.61. The van der Waals surface area contributed by atoms with E-state index in [1.807, 2.05) is 30.3 Å². The molecule has 96 valence electrons. The molecule has 19 heavy (non-hydrogen) atoms. The van der Waals surface area contributed by atoms with Crippen LogP contribution in [0.1, 0.15) is 5.56 Å². The number of hydrogen-bond acceptors (Lipinski definition) is 2. The van der Waals surface area contributed by atoms with Gasteiger partial charge in [0.25, 0.3) is 0 Å². The maximum atomic E-state index is 11.6. The van der Waals surface area contributed by atoms with E-state index >= 15 is 0 Å². The van der Waals surface area contributed by atoms with Crippen molar-refractivity contribution >= 4 is 35.2 Å². The summed E-state index contributed by atoms with van der Waals surface area (Å²) in [7, 11) is 0. The molecule has 0 heterocycles. The minimum Gasteiger partial charge on any atom is -0.422 e. The van der Waals surface area contributed by atoms with Gasteiger partial charge in [-0.05, 0) is 29.8 Å². The summed E-state index contributed by atoms with van der Waals surface area (Å²) in [6.45, 7) is 0.